The average Bonchev–Trinajstić information content (AvgIpc) is 2.93. The molecule has 1 heterocycles. The van der Waals surface area contributed by atoms with E-state index in [2.05, 4.69) is 26.2 Å². The van der Waals surface area contributed by atoms with E-state index in [0.717, 1.165) is 26.7 Å². The molecule has 7 nitrogen and oxygen atoms in total. The fraction of sp³-hybridized carbons (Fsp3) is 0.172. The first kappa shape index (κ1) is 31.1. The number of carboxylic acids is 1. The molecule has 0 aliphatic carbocycles. The Morgan fingerprint density at radius 3 is 2.46 bits per heavy atom. The third kappa shape index (κ3) is 8.53. The van der Waals surface area contributed by atoms with Crippen LogP contribution in [-0.2, 0) is 24.6 Å². The summed E-state index contributed by atoms with van der Waals surface area (Å²) in [6.45, 7) is -0.0549. The molecule has 0 unspecified atom stereocenters. The molecule has 4 aromatic rings. The number of carboxylic acid groups (broad SMARTS) is 1. The van der Waals surface area contributed by atoms with Gasteiger partial charge in [-0.05, 0) is 39.2 Å². The minimum absolute atomic E-state index is 0. The van der Waals surface area contributed by atoms with Crippen molar-refractivity contribution in [3.63, 3.8) is 0 Å². The van der Waals surface area contributed by atoms with E-state index in [9.17, 15) is 15.0 Å². The van der Waals surface area contributed by atoms with E-state index in [4.69, 9.17) is 21.1 Å². The number of aliphatic hydroxyl groups is 1. The van der Waals surface area contributed by atoms with E-state index in [-0.39, 0.29) is 49.3 Å². The van der Waals surface area contributed by atoms with Crippen LogP contribution in [-0.4, -0.2) is 28.7 Å². The third-order valence-corrected chi connectivity index (χ3v) is 7.02. The van der Waals surface area contributed by atoms with Gasteiger partial charge in [0.05, 0.1) is 23.6 Å². The average molecular weight is 620 g/mol. The molecule has 39 heavy (non-hydrogen) atoms. The van der Waals surface area contributed by atoms with Crippen molar-refractivity contribution in [3.05, 3.63) is 111 Å². The molecule has 4 rings (SSSR count). The molecule has 0 aliphatic heterocycles. The summed E-state index contributed by atoms with van der Waals surface area (Å²) in [6, 6.07) is 21.8. The number of ether oxygens (including phenoxy) is 2. The number of rotatable bonds is 12. The zero-order valence-electron chi connectivity index (χ0n) is 21.3. The Morgan fingerprint density at radius 2 is 1.77 bits per heavy atom. The molecule has 1 atom stereocenters. The van der Waals surface area contributed by atoms with Crippen LogP contribution in [0, 0.1) is 0 Å². The summed E-state index contributed by atoms with van der Waals surface area (Å²) in [5.74, 6) is -0.542. The van der Waals surface area contributed by atoms with Crippen LogP contribution in [0.5, 0.6) is 11.5 Å². The van der Waals surface area contributed by atoms with Gasteiger partial charge in [-0.1, -0.05) is 66.2 Å². The van der Waals surface area contributed by atoms with Gasteiger partial charge in [0.1, 0.15) is 24.7 Å². The van der Waals surface area contributed by atoms with E-state index < -0.39 is 18.6 Å². The van der Waals surface area contributed by atoms with Crippen molar-refractivity contribution in [1.82, 2.24) is 10.3 Å². The van der Waals surface area contributed by atoms with Crippen LogP contribution in [0.4, 0.5) is 0 Å². The van der Waals surface area contributed by atoms with Crippen molar-refractivity contribution in [2.75, 3.05) is 6.61 Å². The maximum Gasteiger partial charge on any atom is 1.00 e. The van der Waals surface area contributed by atoms with E-state index in [1.165, 1.54) is 0 Å². The number of halogens is 2. The Labute approximate surface area is 262 Å². The number of carbonyl (C=O) groups is 1. The summed E-state index contributed by atoms with van der Waals surface area (Å²) in [4.78, 5) is 15.3. The maximum atomic E-state index is 11.2. The number of carbonyl (C=O) groups excluding carboxylic acids is 1. The zero-order valence-corrected chi connectivity index (χ0v) is 25.6. The summed E-state index contributed by atoms with van der Waals surface area (Å²) in [7, 11) is 0. The fourth-order valence-corrected chi connectivity index (χ4v) is 4.60. The first-order valence-corrected chi connectivity index (χ1v) is 13.0. The molecule has 0 spiro atoms. The van der Waals surface area contributed by atoms with Crippen LogP contribution >= 0.6 is 27.5 Å². The normalized spacial score (nSPS) is 11.4. The van der Waals surface area contributed by atoms with Crippen LogP contribution in [0.15, 0.2) is 89.7 Å². The van der Waals surface area contributed by atoms with Gasteiger partial charge in [0.25, 0.3) is 0 Å². The smallest absolute Gasteiger partial charge is 0.548 e. The largest absolute Gasteiger partial charge is 1.00 e. The number of benzene rings is 3. The van der Waals surface area contributed by atoms with Gasteiger partial charge in [-0.2, -0.15) is 0 Å². The Hall–Kier alpha value is -2.43. The van der Waals surface area contributed by atoms with Gasteiger partial charge in [-0.3, -0.25) is 4.98 Å². The molecule has 0 saturated carbocycles. The second-order valence-corrected chi connectivity index (χ2v) is 9.61. The SMILES string of the molecule is O=C([O-])[C@H](CO)NCc1cc(Cl)c(OCc2cccc(-c3ccccc3)c2Br)cc1OCc1cccnc1.[Na+]. The Morgan fingerprint density at radius 1 is 1.00 bits per heavy atom. The van der Waals surface area contributed by atoms with Crippen LogP contribution in [0.25, 0.3) is 11.1 Å². The minimum Gasteiger partial charge on any atom is -0.548 e. The molecule has 10 heteroatoms. The second kappa shape index (κ2) is 15.4. The molecule has 2 N–H and O–H groups in total. The minimum atomic E-state index is -1.40. The number of aliphatic carboxylic acids is 1. The molecule has 0 amide bonds. The Bertz CT molecular complexity index is 1380. The number of hydrogen-bond acceptors (Lipinski definition) is 7. The number of hydrogen-bond donors (Lipinski definition) is 2. The van der Waals surface area contributed by atoms with Crippen LogP contribution in [0.1, 0.15) is 16.7 Å². The van der Waals surface area contributed by atoms with Gasteiger partial charge in [0.15, 0.2) is 0 Å². The second-order valence-electron chi connectivity index (χ2n) is 8.41. The summed E-state index contributed by atoms with van der Waals surface area (Å²) in [5, 5.41) is 23.6. The summed E-state index contributed by atoms with van der Waals surface area (Å²) < 4.78 is 13.1. The van der Waals surface area contributed by atoms with Gasteiger partial charge in [-0.15, -0.1) is 0 Å². The third-order valence-electron chi connectivity index (χ3n) is 5.78. The summed E-state index contributed by atoms with van der Waals surface area (Å²) >= 11 is 10.3. The van der Waals surface area contributed by atoms with Crippen molar-refractivity contribution in [2.24, 2.45) is 0 Å². The van der Waals surface area contributed by atoms with E-state index in [1.54, 1.807) is 24.5 Å². The quantitative estimate of drug-likeness (QED) is 0.232. The van der Waals surface area contributed by atoms with E-state index >= 15 is 0 Å². The van der Waals surface area contributed by atoms with Crippen LogP contribution in [0.3, 0.4) is 0 Å². The Kier molecular flexibility index (Phi) is 12.3. The monoisotopic (exact) mass is 618 g/mol. The number of nitrogens with zero attached hydrogens (tertiary/aromatic N) is 1. The van der Waals surface area contributed by atoms with Crippen molar-refractivity contribution in [2.45, 2.75) is 25.8 Å². The number of aliphatic hydroxyl groups excluding tert-OH is 1. The van der Waals surface area contributed by atoms with Gasteiger partial charge < -0.3 is 29.8 Å². The number of nitrogens with one attached hydrogen (secondary N) is 1. The molecular formula is C29H25BrClN2NaO5. The van der Waals surface area contributed by atoms with E-state index in [1.807, 2.05) is 60.7 Å². The number of aromatic nitrogens is 1. The van der Waals surface area contributed by atoms with Crippen LogP contribution in [0.2, 0.25) is 5.02 Å². The van der Waals surface area contributed by atoms with Crippen molar-refractivity contribution in [1.29, 1.82) is 0 Å². The molecule has 1 aromatic heterocycles. The maximum absolute atomic E-state index is 11.2. The molecule has 3 aromatic carbocycles. The molecule has 0 bridgehead atoms. The molecular weight excluding hydrogens is 595 g/mol. The van der Waals surface area contributed by atoms with E-state index in [0.29, 0.717) is 22.1 Å². The number of pyridine rings is 1. The fourth-order valence-electron chi connectivity index (χ4n) is 3.75. The predicted molar refractivity (Wildman–Crippen MR) is 147 cm³/mol. The standard InChI is InChI=1S/C29H26BrClN2O5.Na/c30-28-21(9-4-10-23(28)20-7-2-1-3-8-20)18-38-27-13-26(37-17-19-6-5-11-32-14-19)22(12-24(27)31)15-33-25(16-34)29(35)36;/h1-14,25,33-34H,15-18H2,(H,35,36);/q;+1/p-1/t25-;/m0./s1. The molecule has 0 radical (unpaired) electrons. The zero-order chi connectivity index (χ0) is 26.9. The topological polar surface area (TPSA) is 104 Å². The molecule has 0 aliphatic rings. The molecule has 0 fully saturated rings. The van der Waals surface area contributed by atoms with Crippen molar-refractivity contribution < 1.29 is 54.0 Å². The summed E-state index contributed by atoms with van der Waals surface area (Å²) in [5.41, 5.74) is 4.52. The van der Waals surface area contributed by atoms with Gasteiger partial charge >= 0.3 is 29.6 Å². The van der Waals surface area contributed by atoms with Gasteiger partial charge in [0.2, 0.25) is 0 Å². The van der Waals surface area contributed by atoms with Gasteiger partial charge in [-0.25, -0.2) is 0 Å². The molecule has 0 saturated heterocycles. The first-order valence-electron chi connectivity index (χ1n) is 11.8. The van der Waals surface area contributed by atoms with Gasteiger partial charge in [0, 0.05) is 46.2 Å². The van der Waals surface area contributed by atoms with Crippen molar-refractivity contribution in [3.8, 4) is 22.6 Å². The Balaban J connectivity index is 0.00000420. The molecule has 196 valence electrons. The summed E-state index contributed by atoms with van der Waals surface area (Å²) in [6.07, 6.45) is 3.37. The van der Waals surface area contributed by atoms with Crippen molar-refractivity contribution >= 4 is 33.5 Å². The first-order chi connectivity index (χ1) is 18.5. The predicted octanol–water partition coefficient (Wildman–Crippen LogP) is 1.53. The van der Waals surface area contributed by atoms with Crippen LogP contribution < -0.4 is 49.5 Å².